The third-order valence-electron chi connectivity index (χ3n) is 3.70. The van der Waals surface area contributed by atoms with Gasteiger partial charge in [-0.15, -0.1) is 0 Å². The van der Waals surface area contributed by atoms with E-state index in [1.54, 1.807) is 4.90 Å². The van der Waals surface area contributed by atoms with Gasteiger partial charge in [-0.1, -0.05) is 12.1 Å². The lowest BCUT2D eigenvalue weighted by molar-refractivity contribution is -0.385. The Bertz CT molecular complexity index is 743. The van der Waals surface area contributed by atoms with Crippen LogP contribution in [-0.2, 0) is 11.3 Å². The van der Waals surface area contributed by atoms with Crippen LogP contribution < -0.4 is 9.64 Å². The van der Waals surface area contributed by atoms with E-state index in [1.165, 1.54) is 17.1 Å². The summed E-state index contributed by atoms with van der Waals surface area (Å²) in [5, 5.41) is 14.5. The molecule has 1 aliphatic heterocycles. The number of fused-ring (bicyclic) bond motifs is 1. The van der Waals surface area contributed by atoms with Gasteiger partial charge in [0.2, 0.25) is 5.91 Å². The van der Waals surface area contributed by atoms with Crippen molar-refractivity contribution in [2.75, 3.05) is 11.5 Å². The van der Waals surface area contributed by atoms with Gasteiger partial charge in [-0.05, 0) is 19.1 Å². The lowest BCUT2D eigenvalue weighted by atomic mass is 10.1. The lowest BCUT2D eigenvalue weighted by Gasteiger charge is -2.35. The second-order valence-corrected chi connectivity index (χ2v) is 5.36. The highest BCUT2D eigenvalue weighted by Gasteiger charge is 2.28. The highest BCUT2D eigenvalue weighted by atomic mass is 16.6. The van der Waals surface area contributed by atoms with Gasteiger partial charge in [0.1, 0.15) is 24.8 Å². The molecule has 0 aliphatic carbocycles. The molecule has 0 spiro atoms. The molecule has 1 aromatic heterocycles. The molecule has 2 aromatic rings. The van der Waals surface area contributed by atoms with E-state index in [0.29, 0.717) is 18.9 Å². The highest BCUT2D eigenvalue weighted by molar-refractivity contribution is 5.95. The summed E-state index contributed by atoms with van der Waals surface area (Å²) in [6.07, 6.45) is 2.71. The standard InChI is InChI=1S/C15H16N4O4/c1-11-10-23-14-5-3-2-4-13(14)18(11)15(20)6-7-17-9-12(8-16-17)19(21)22/h2-5,8-9,11H,6-7,10H2,1H3/t11-/m0/s1. The van der Waals surface area contributed by atoms with Crippen molar-refractivity contribution < 1.29 is 14.5 Å². The molecule has 0 fully saturated rings. The molecular formula is C15H16N4O4. The van der Waals surface area contributed by atoms with Crippen LogP contribution in [0.3, 0.4) is 0 Å². The van der Waals surface area contributed by atoms with Crippen LogP contribution in [0.15, 0.2) is 36.7 Å². The summed E-state index contributed by atoms with van der Waals surface area (Å²) < 4.78 is 7.03. The Hall–Kier alpha value is -2.90. The van der Waals surface area contributed by atoms with Gasteiger partial charge in [0.15, 0.2) is 0 Å². The van der Waals surface area contributed by atoms with E-state index in [9.17, 15) is 14.9 Å². The molecule has 8 nitrogen and oxygen atoms in total. The number of ether oxygens (including phenoxy) is 1. The molecule has 120 valence electrons. The first-order valence-corrected chi connectivity index (χ1v) is 7.27. The average molecular weight is 316 g/mol. The smallest absolute Gasteiger partial charge is 0.306 e. The van der Waals surface area contributed by atoms with Crippen molar-refractivity contribution in [2.45, 2.75) is 25.9 Å². The van der Waals surface area contributed by atoms with Crippen molar-refractivity contribution in [3.05, 3.63) is 46.8 Å². The molecule has 23 heavy (non-hydrogen) atoms. The highest BCUT2D eigenvalue weighted by Crippen LogP contribution is 2.33. The molecule has 0 radical (unpaired) electrons. The minimum absolute atomic E-state index is 0.0635. The summed E-state index contributed by atoms with van der Waals surface area (Å²) in [5.74, 6) is 0.625. The maximum Gasteiger partial charge on any atom is 0.306 e. The summed E-state index contributed by atoms with van der Waals surface area (Å²) in [4.78, 5) is 24.4. The minimum Gasteiger partial charge on any atom is -0.489 e. The number of aryl methyl sites for hydroxylation is 1. The molecular weight excluding hydrogens is 300 g/mol. The second-order valence-electron chi connectivity index (χ2n) is 5.36. The molecule has 0 saturated carbocycles. The van der Waals surface area contributed by atoms with Crippen LogP contribution in [0.2, 0.25) is 0 Å². The van der Waals surface area contributed by atoms with Crippen molar-refractivity contribution in [3.63, 3.8) is 0 Å². The van der Waals surface area contributed by atoms with Crippen LogP contribution >= 0.6 is 0 Å². The molecule has 0 saturated heterocycles. The van der Waals surface area contributed by atoms with Gasteiger partial charge in [-0.3, -0.25) is 19.6 Å². The molecule has 3 rings (SSSR count). The fourth-order valence-corrected chi connectivity index (χ4v) is 2.58. The fraction of sp³-hybridized carbons (Fsp3) is 0.333. The van der Waals surface area contributed by atoms with E-state index < -0.39 is 4.92 Å². The van der Waals surface area contributed by atoms with Crippen LogP contribution in [0.25, 0.3) is 0 Å². The van der Waals surface area contributed by atoms with E-state index in [-0.39, 0.29) is 24.1 Å². The summed E-state index contributed by atoms with van der Waals surface area (Å²) in [6.45, 7) is 2.65. The molecule has 1 aliphatic rings. The predicted octanol–water partition coefficient (Wildman–Crippen LogP) is 2.00. The Kier molecular flexibility index (Phi) is 3.96. The third kappa shape index (κ3) is 3.01. The lowest BCUT2D eigenvalue weighted by Crippen LogP contribution is -2.45. The van der Waals surface area contributed by atoms with E-state index in [4.69, 9.17) is 4.74 Å². The number of aromatic nitrogens is 2. The van der Waals surface area contributed by atoms with Gasteiger partial charge in [-0.2, -0.15) is 5.10 Å². The average Bonchev–Trinajstić information content (AvgIpc) is 3.02. The summed E-state index contributed by atoms with van der Waals surface area (Å²) in [6, 6.07) is 7.34. The zero-order valence-corrected chi connectivity index (χ0v) is 12.6. The van der Waals surface area contributed by atoms with Crippen LogP contribution in [-0.4, -0.2) is 33.3 Å². The van der Waals surface area contributed by atoms with E-state index in [2.05, 4.69) is 5.10 Å². The molecule has 0 unspecified atom stereocenters. The molecule has 0 bridgehead atoms. The SMILES string of the molecule is C[C@H]1COc2ccccc2N1C(=O)CCn1cc([N+](=O)[O-])cn1. The van der Waals surface area contributed by atoms with Gasteiger partial charge >= 0.3 is 5.69 Å². The van der Waals surface area contributed by atoms with Crippen molar-refractivity contribution in [3.8, 4) is 5.75 Å². The number of benzene rings is 1. The molecule has 1 amide bonds. The Morgan fingerprint density at radius 1 is 1.48 bits per heavy atom. The molecule has 1 atom stereocenters. The Balaban J connectivity index is 1.71. The van der Waals surface area contributed by atoms with Crippen LogP contribution in [0.1, 0.15) is 13.3 Å². The van der Waals surface area contributed by atoms with Crippen LogP contribution in [0, 0.1) is 10.1 Å². The Morgan fingerprint density at radius 2 is 2.26 bits per heavy atom. The molecule has 2 heterocycles. The second kappa shape index (κ2) is 6.07. The number of hydrogen-bond acceptors (Lipinski definition) is 5. The fourth-order valence-electron chi connectivity index (χ4n) is 2.58. The quantitative estimate of drug-likeness (QED) is 0.635. The summed E-state index contributed by atoms with van der Waals surface area (Å²) in [7, 11) is 0. The molecule has 8 heteroatoms. The monoisotopic (exact) mass is 316 g/mol. The topological polar surface area (TPSA) is 90.5 Å². The van der Waals surface area contributed by atoms with E-state index >= 15 is 0 Å². The zero-order valence-electron chi connectivity index (χ0n) is 12.6. The van der Waals surface area contributed by atoms with E-state index in [0.717, 1.165) is 5.69 Å². The van der Waals surface area contributed by atoms with Crippen molar-refractivity contribution in [1.29, 1.82) is 0 Å². The van der Waals surface area contributed by atoms with Gasteiger partial charge in [0.05, 0.1) is 16.7 Å². The number of nitrogens with zero attached hydrogens (tertiary/aromatic N) is 4. The first-order valence-electron chi connectivity index (χ1n) is 7.27. The van der Waals surface area contributed by atoms with Crippen molar-refractivity contribution in [1.82, 2.24) is 9.78 Å². The number of nitro groups is 1. The maximum atomic E-state index is 12.6. The number of anilines is 1. The Labute approximate surface area is 132 Å². The first kappa shape index (κ1) is 15.0. The Morgan fingerprint density at radius 3 is 3.00 bits per heavy atom. The number of hydrogen-bond donors (Lipinski definition) is 0. The summed E-state index contributed by atoms with van der Waals surface area (Å²) in [5.41, 5.74) is 0.672. The molecule has 0 N–H and O–H groups in total. The predicted molar refractivity (Wildman–Crippen MR) is 82.4 cm³/mol. The third-order valence-corrected chi connectivity index (χ3v) is 3.70. The number of amides is 1. The number of carbonyl (C=O) groups excluding carboxylic acids is 1. The minimum atomic E-state index is -0.508. The van der Waals surface area contributed by atoms with Gasteiger partial charge in [0.25, 0.3) is 0 Å². The number of para-hydroxylation sites is 2. The summed E-state index contributed by atoms with van der Waals surface area (Å²) >= 11 is 0. The van der Waals surface area contributed by atoms with Crippen LogP contribution in [0.4, 0.5) is 11.4 Å². The van der Waals surface area contributed by atoms with Gasteiger partial charge < -0.3 is 9.64 Å². The van der Waals surface area contributed by atoms with Gasteiger partial charge in [-0.25, -0.2) is 0 Å². The van der Waals surface area contributed by atoms with Crippen LogP contribution in [0.5, 0.6) is 5.75 Å². The molecule has 1 aromatic carbocycles. The largest absolute Gasteiger partial charge is 0.489 e. The van der Waals surface area contributed by atoms with Crippen molar-refractivity contribution in [2.24, 2.45) is 0 Å². The van der Waals surface area contributed by atoms with E-state index in [1.807, 2.05) is 31.2 Å². The number of rotatable bonds is 4. The van der Waals surface area contributed by atoms with Gasteiger partial charge in [0, 0.05) is 13.0 Å². The normalized spacial score (nSPS) is 16.6. The number of carbonyl (C=O) groups is 1. The first-order chi connectivity index (χ1) is 11.1. The van der Waals surface area contributed by atoms with Crippen molar-refractivity contribution >= 4 is 17.3 Å². The zero-order chi connectivity index (χ0) is 16.4. The maximum absolute atomic E-state index is 12.6.